The average Bonchev–Trinajstić information content (AvgIpc) is 2.70. The van der Waals surface area contributed by atoms with E-state index in [0.29, 0.717) is 24.8 Å². The van der Waals surface area contributed by atoms with Gasteiger partial charge < -0.3 is 20.5 Å². The zero-order chi connectivity index (χ0) is 20.4. The number of nitro groups is 1. The van der Waals surface area contributed by atoms with Crippen molar-refractivity contribution in [3.63, 3.8) is 0 Å². The number of rotatable bonds is 9. The molecule has 2 aromatic rings. The summed E-state index contributed by atoms with van der Waals surface area (Å²) in [7, 11) is 0. The molecule has 1 unspecified atom stereocenters. The number of halogens is 2. The fraction of sp³-hybridized carbons (Fsp3) is 0.316. The second kappa shape index (κ2) is 12.9. The first-order valence-electron chi connectivity index (χ1n) is 8.80. The normalized spacial score (nSPS) is 11.9. The number of nitro benzene ring substituents is 1. The van der Waals surface area contributed by atoms with Gasteiger partial charge in [0.1, 0.15) is 24.3 Å². The molecular formula is C19H24FIN4O4. The van der Waals surface area contributed by atoms with E-state index in [1.807, 2.05) is 6.92 Å². The van der Waals surface area contributed by atoms with Crippen LogP contribution in [0.5, 0.6) is 5.75 Å². The Kier molecular flexibility index (Phi) is 10.9. The van der Waals surface area contributed by atoms with Crippen molar-refractivity contribution in [1.82, 2.24) is 10.6 Å². The van der Waals surface area contributed by atoms with Gasteiger partial charge in [-0.2, -0.15) is 0 Å². The van der Waals surface area contributed by atoms with E-state index in [9.17, 15) is 19.6 Å². The number of non-ortho nitro benzene ring substituents is 1. The van der Waals surface area contributed by atoms with E-state index in [1.54, 1.807) is 12.1 Å². The standard InChI is InChI=1S/C19H23FN4O4.HI/c1-2-21-19(22-11-14-3-5-15(20)6-4-14)23-12-17(25)13-28-18-9-7-16(8-10-18)24(26)27;/h3-10,17,25H,2,11-13H2,1H3,(H2,21,22,23);1H. The van der Waals surface area contributed by atoms with Crippen LogP contribution in [0.25, 0.3) is 0 Å². The van der Waals surface area contributed by atoms with Crippen LogP contribution in [0, 0.1) is 15.9 Å². The number of hydrogen-bond donors (Lipinski definition) is 3. The number of benzene rings is 2. The maximum Gasteiger partial charge on any atom is 0.269 e. The fourth-order valence-corrected chi connectivity index (χ4v) is 2.23. The predicted molar refractivity (Wildman–Crippen MR) is 119 cm³/mol. The molecule has 0 spiro atoms. The average molecular weight is 518 g/mol. The number of guanidine groups is 1. The Balaban J connectivity index is 0.00000420. The highest BCUT2D eigenvalue weighted by Gasteiger charge is 2.09. The summed E-state index contributed by atoms with van der Waals surface area (Å²) in [6.07, 6.45) is -0.815. The van der Waals surface area contributed by atoms with Gasteiger partial charge in [-0.3, -0.25) is 10.1 Å². The van der Waals surface area contributed by atoms with E-state index < -0.39 is 11.0 Å². The van der Waals surface area contributed by atoms with Gasteiger partial charge in [-0.15, -0.1) is 24.0 Å². The van der Waals surface area contributed by atoms with E-state index in [0.717, 1.165) is 5.56 Å². The van der Waals surface area contributed by atoms with Crippen LogP contribution in [0.3, 0.4) is 0 Å². The second-order valence-corrected chi connectivity index (χ2v) is 5.92. The molecule has 0 aliphatic carbocycles. The molecule has 1 atom stereocenters. The minimum atomic E-state index is -0.815. The van der Waals surface area contributed by atoms with Crippen LogP contribution in [-0.2, 0) is 6.54 Å². The molecule has 158 valence electrons. The minimum absolute atomic E-state index is 0. The zero-order valence-electron chi connectivity index (χ0n) is 15.9. The Hall–Kier alpha value is -2.47. The van der Waals surface area contributed by atoms with Crippen LogP contribution in [0.15, 0.2) is 53.5 Å². The van der Waals surface area contributed by atoms with Gasteiger partial charge in [0.15, 0.2) is 5.96 Å². The van der Waals surface area contributed by atoms with Gasteiger partial charge in [0.25, 0.3) is 5.69 Å². The quantitative estimate of drug-likeness (QED) is 0.155. The maximum atomic E-state index is 12.9. The number of ether oxygens (including phenoxy) is 1. The van der Waals surface area contributed by atoms with Crippen LogP contribution in [-0.4, -0.2) is 41.8 Å². The monoisotopic (exact) mass is 518 g/mol. The first kappa shape index (κ1) is 24.6. The van der Waals surface area contributed by atoms with Gasteiger partial charge in [-0.1, -0.05) is 12.1 Å². The highest BCUT2D eigenvalue weighted by Crippen LogP contribution is 2.17. The van der Waals surface area contributed by atoms with Crippen molar-refractivity contribution in [2.45, 2.75) is 19.6 Å². The van der Waals surface area contributed by atoms with Crippen molar-refractivity contribution in [2.75, 3.05) is 19.7 Å². The molecule has 2 rings (SSSR count). The molecule has 10 heteroatoms. The Morgan fingerprint density at radius 3 is 2.45 bits per heavy atom. The summed E-state index contributed by atoms with van der Waals surface area (Å²) in [4.78, 5) is 14.5. The summed E-state index contributed by atoms with van der Waals surface area (Å²) in [5.41, 5.74) is 0.836. The Morgan fingerprint density at radius 2 is 1.86 bits per heavy atom. The van der Waals surface area contributed by atoms with Crippen LogP contribution < -0.4 is 15.4 Å². The smallest absolute Gasteiger partial charge is 0.269 e. The number of aliphatic hydroxyl groups is 1. The lowest BCUT2D eigenvalue weighted by Gasteiger charge is -2.16. The molecule has 0 fully saturated rings. The van der Waals surface area contributed by atoms with Crippen molar-refractivity contribution in [3.05, 3.63) is 70.0 Å². The van der Waals surface area contributed by atoms with E-state index in [1.165, 1.54) is 36.4 Å². The summed E-state index contributed by atoms with van der Waals surface area (Å²) in [5, 5.41) is 26.8. The number of aliphatic imine (C=N–C) groups is 1. The third-order valence-electron chi connectivity index (χ3n) is 3.67. The molecule has 8 nitrogen and oxygen atoms in total. The Bertz CT molecular complexity index is 788. The summed E-state index contributed by atoms with van der Waals surface area (Å²) < 4.78 is 18.4. The van der Waals surface area contributed by atoms with Crippen molar-refractivity contribution < 1.29 is 19.2 Å². The van der Waals surface area contributed by atoms with Gasteiger partial charge in [0.05, 0.1) is 11.5 Å². The van der Waals surface area contributed by atoms with Crippen molar-refractivity contribution in [2.24, 2.45) is 4.99 Å². The van der Waals surface area contributed by atoms with Crippen LogP contribution >= 0.6 is 24.0 Å². The third kappa shape index (κ3) is 9.05. The largest absolute Gasteiger partial charge is 0.491 e. The Morgan fingerprint density at radius 1 is 1.21 bits per heavy atom. The minimum Gasteiger partial charge on any atom is -0.491 e. The molecule has 2 aromatic carbocycles. The summed E-state index contributed by atoms with van der Waals surface area (Å²) >= 11 is 0. The predicted octanol–water partition coefficient (Wildman–Crippen LogP) is 2.85. The number of aliphatic hydroxyl groups excluding tert-OH is 1. The lowest BCUT2D eigenvalue weighted by molar-refractivity contribution is -0.384. The SMILES string of the molecule is CCNC(=NCc1ccc(F)cc1)NCC(O)COc1ccc([N+](=O)[O-])cc1.I. The molecule has 0 heterocycles. The highest BCUT2D eigenvalue weighted by molar-refractivity contribution is 14.0. The summed E-state index contributed by atoms with van der Waals surface area (Å²) in [6, 6.07) is 11.7. The summed E-state index contributed by atoms with van der Waals surface area (Å²) in [6.45, 7) is 3.14. The van der Waals surface area contributed by atoms with E-state index >= 15 is 0 Å². The van der Waals surface area contributed by atoms with Gasteiger partial charge in [-0.05, 0) is 36.8 Å². The van der Waals surface area contributed by atoms with E-state index in [-0.39, 0.29) is 48.6 Å². The molecule has 0 saturated heterocycles. The van der Waals surface area contributed by atoms with Gasteiger partial charge in [-0.25, -0.2) is 9.38 Å². The van der Waals surface area contributed by atoms with Crippen LogP contribution in [0.1, 0.15) is 12.5 Å². The molecule has 0 aromatic heterocycles. The van der Waals surface area contributed by atoms with Gasteiger partial charge >= 0.3 is 0 Å². The molecule has 0 bridgehead atoms. The molecular weight excluding hydrogens is 494 g/mol. The number of nitrogens with zero attached hydrogens (tertiary/aromatic N) is 2. The van der Waals surface area contributed by atoms with E-state index in [2.05, 4.69) is 15.6 Å². The number of hydrogen-bond acceptors (Lipinski definition) is 5. The Labute approximate surface area is 185 Å². The van der Waals surface area contributed by atoms with Crippen molar-refractivity contribution in [1.29, 1.82) is 0 Å². The molecule has 0 saturated carbocycles. The lowest BCUT2D eigenvalue weighted by Crippen LogP contribution is -2.42. The van der Waals surface area contributed by atoms with Gasteiger partial charge in [0.2, 0.25) is 0 Å². The first-order valence-corrected chi connectivity index (χ1v) is 8.80. The molecule has 0 aliphatic rings. The highest BCUT2D eigenvalue weighted by atomic mass is 127. The molecule has 0 aliphatic heterocycles. The molecule has 0 radical (unpaired) electrons. The lowest BCUT2D eigenvalue weighted by atomic mass is 10.2. The topological polar surface area (TPSA) is 109 Å². The van der Waals surface area contributed by atoms with Crippen LogP contribution in [0.2, 0.25) is 0 Å². The molecule has 0 amide bonds. The maximum absolute atomic E-state index is 12.9. The summed E-state index contributed by atoms with van der Waals surface area (Å²) in [5.74, 6) is 0.650. The molecule has 29 heavy (non-hydrogen) atoms. The fourth-order valence-electron chi connectivity index (χ4n) is 2.23. The second-order valence-electron chi connectivity index (χ2n) is 5.92. The van der Waals surface area contributed by atoms with E-state index in [4.69, 9.17) is 4.74 Å². The van der Waals surface area contributed by atoms with Crippen molar-refractivity contribution in [3.8, 4) is 5.75 Å². The molecule has 3 N–H and O–H groups in total. The number of nitrogens with one attached hydrogen (secondary N) is 2. The third-order valence-corrected chi connectivity index (χ3v) is 3.67. The van der Waals surface area contributed by atoms with Gasteiger partial charge in [0, 0.05) is 25.2 Å². The van der Waals surface area contributed by atoms with Crippen molar-refractivity contribution >= 4 is 35.6 Å². The first-order chi connectivity index (χ1) is 13.5. The van der Waals surface area contributed by atoms with Crippen LogP contribution in [0.4, 0.5) is 10.1 Å². The zero-order valence-corrected chi connectivity index (χ0v) is 18.2.